The summed E-state index contributed by atoms with van der Waals surface area (Å²) >= 11 is 0. The first kappa shape index (κ1) is 20.7. The van der Waals surface area contributed by atoms with Gasteiger partial charge in [0.05, 0.1) is 0 Å². The van der Waals surface area contributed by atoms with E-state index in [9.17, 15) is 10.0 Å². The summed E-state index contributed by atoms with van der Waals surface area (Å²) in [6.45, 7) is 0.783. The number of ether oxygens (including phenoxy) is 2. The molecule has 3 aromatic carbocycles. The van der Waals surface area contributed by atoms with E-state index in [0.29, 0.717) is 30.4 Å². The van der Waals surface area contributed by atoms with Crippen LogP contribution in [0.25, 0.3) is 11.1 Å². The van der Waals surface area contributed by atoms with Crippen LogP contribution in [0.2, 0.25) is 0 Å². The van der Waals surface area contributed by atoms with E-state index in [1.54, 1.807) is 12.1 Å². The van der Waals surface area contributed by atoms with Crippen LogP contribution in [0.15, 0.2) is 97.1 Å². The molecule has 31 heavy (non-hydrogen) atoms. The second-order valence-corrected chi connectivity index (χ2v) is 7.05. The molecular weight excluding hydrogens is 389 g/mol. The van der Waals surface area contributed by atoms with Crippen LogP contribution in [0.4, 0.5) is 0 Å². The maximum atomic E-state index is 9.34. The van der Waals surface area contributed by atoms with Gasteiger partial charge in [0.25, 0.3) is 0 Å². The molecule has 0 aliphatic heterocycles. The molecule has 0 atom stereocenters. The van der Waals surface area contributed by atoms with E-state index < -0.39 is 7.12 Å². The standard InChI is InChI=1S/C25H22BNO4/c28-26(29)22-13-11-21(12-14-22)23-15-16-24(30-17-19-7-3-1-4-8-19)27-25(23)31-18-20-9-5-2-6-10-20/h1-16,28-29H,17-18H2. The molecule has 0 amide bonds. The van der Waals surface area contributed by atoms with Crippen LogP contribution in [0.3, 0.4) is 0 Å². The summed E-state index contributed by atoms with van der Waals surface area (Å²) in [6.07, 6.45) is 0. The van der Waals surface area contributed by atoms with Gasteiger partial charge in [-0.1, -0.05) is 84.9 Å². The predicted molar refractivity (Wildman–Crippen MR) is 121 cm³/mol. The fourth-order valence-electron chi connectivity index (χ4n) is 3.13. The van der Waals surface area contributed by atoms with Crippen molar-refractivity contribution >= 4 is 12.6 Å². The van der Waals surface area contributed by atoms with Gasteiger partial charge in [-0.25, -0.2) is 0 Å². The van der Waals surface area contributed by atoms with Crippen LogP contribution in [-0.4, -0.2) is 22.2 Å². The van der Waals surface area contributed by atoms with E-state index in [2.05, 4.69) is 4.98 Å². The lowest BCUT2D eigenvalue weighted by Gasteiger charge is -2.14. The van der Waals surface area contributed by atoms with Crippen molar-refractivity contribution in [3.63, 3.8) is 0 Å². The summed E-state index contributed by atoms with van der Waals surface area (Å²) in [6, 6.07) is 30.4. The highest BCUT2D eigenvalue weighted by molar-refractivity contribution is 6.58. The zero-order valence-electron chi connectivity index (χ0n) is 16.9. The molecule has 0 fully saturated rings. The summed E-state index contributed by atoms with van der Waals surface area (Å²) in [5.74, 6) is 0.921. The van der Waals surface area contributed by atoms with Crippen LogP contribution < -0.4 is 14.9 Å². The fourth-order valence-corrected chi connectivity index (χ4v) is 3.13. The quantitative estimate of drug-likeness (QED) is 0.434. The van der Waals surface area contributed by atoms with Gasteiger partial charge in [0.15, 0.2) is 0 Å². The van der Waals surface area contributed by atoms with E-state index in [1.807, 2.05) is 84.9 Å². The van der Waals surface area contributed by atoms with Gasteiger partial charge in [-0.3, -0.25) is 0 Å². The summed E-state index contributed by atoms with van der Waals surface area (Å²) < 4.78 is 11.9. The molecule has 1 aromatic heterocycles. The molecule has 5 nitrogen and oxygen atoms in total. The first-order chi connectivity index (χ1) is 15.2. The summed E-state index contributed by atoms with van der Waals surface area (Å²) in [5.41, 5.74) is 4.16. The van der Waals surface area contributed by atoms with Crippen molar-refractivity contribution in [2.75, 3.05) is 0 Å². The van der Waals surface area contributed by atoms with Gasteiger partial charge in [0.1, 0.15) is 13.2 Å². The lowest BCUT2D eigenvalue weighted by Crippen LogP contribution is -2.29. The topological polar surface area (TPSA) is 71.8 Å². The van der Waals surface area contributed by atoms with Crippen molar-refractivity contribution in [1.82, 2.24) is 4.98 Å². The van der Waals surface area contributed by atoms with Gasteiger partial charge in [-0.15, -0.1) is 0 Å². The van der Waals surface area contributed by atoms with Crippen molar-refractivity contribution in [2.45, 2.75) is 13.2 Å². The average molecular weight is 411 g/mol. The minimum Gasteiger partial charge on any atom is -0.473 e. The minimum atomic E-state index is -1.50. The molecule has 0 aliphatic carbocycles. The molecule has 4 rings (SSSR count). The van der Waals surface area contributed by atoms with E-state index >= 15 is 0 Å². The third-order valence-electron chi connectivity index (χ3n) is 4.80. The Morgan fingerprint density at radius 3 is 1.81 bits per heavy atom. The van der Waals surface area contributed by atoms with Gasteiger partial charge < -0.3 is 19.5 Å². The maximum absolute atomic E-state index is 9.34. The summed E-state index contributed by atoms with van der Waals surface area (Å²) in [5, 5.41) is 18.7. The molecule has 2 N–H and O–H groups in total. The van der Waals surface area contributed by atoms with Crippen LogP contribution in [0, 0.1) is 0 Å². The Morgan fingerprint density at radius 2 is 1.23 bits per heavy atom. The monoisotopic (exact) mass is 411 g/mol. The van der Waals surface area contributed by atoms with E-state index in [-0.39, 0.29) is 0 Å². The number of aromatic nitrogens is 1. The summed E-state index contributed by atoms with van der Waals surface area (Å²) in [7, 11) is -1.50. The van der Waals surface area contributed by atoms with Gasteiger partial charge >= 0.3 is 7.12 Å². The molecule has 6 heteroatoms. The molecule has 0 aliphatic rings. The highest BCUT2D eigenvalue weighted by Crippen LogP contribution is 2.31. The highest BCUT2D eigenvalue weighted by Gasteiger charge is 2.14. The van der Waals surface area contributed by atoms with E-state index in [1.165, 1.54) is 0 Å². The number of hydrogen-bond acceptors (Lipinski definition) is 5. The molecule has 0 saturated carbocycles. The second-order valence-electron chi connectivity index (χ2n) is 7.05. The van der Waals surface area contributed by atoms with Gasteiger partial charge in [-0.2, -0.15) is 4.98 Å². The number of rotatable bonds is 8. The molecular formula is C25H22BNO4. The van der Waals surface area contributed by atoms with Gasteiger partial charge in [0, 0.05) is 11.6 Å². The van der Waals surface area contributed by atoms with Crippen LogP contribution in [-0.2, 0) is 13.2 Å². The number of hydrogen-bond donors (Lipinski definition) is 2. The third-order valence-corrected chi connectivity index (χ3v) is 4.80. The van der Waals surface area contributed by atoms with Crippen molar-refractivity contribution in [3.05, 3.63) is 108 Å². The predicted octanol–water partition coefficient (Wildman–Crippen LogP) is 3.59. The Balaban J connectivity index is 1.59. The maximum Gasteiger partial charge on any atom is 0.488 e. The average Bonchev–Trinajstić information content (AvgIpc) is 2.83. The largest absolute Gasteiger partial charge is 0.488 e. The number of pyridine rings is 1. The fraction of sp³-hybridized carbons (Fsp3) is 0.0800. The van der Waals surface area contributed by atoms with Gasteiger partial charge in [-0.05, 0) is 28.2 Å². The van der Waals surface area contributed by atoms with Crippen LogP contribution >= 0.6 is 0 Å². The van der Waals surface area contributed by atoms with Crippen molar-refractivity contribution in [1.29, 1.82) is 0 Å². The first-order valence-electron chi connectivity index (χ1n) is 10.00. The van der Waals surface area contributed by atoms with Crippen LogP contribution in [0.1, 0.15) is 11.1 Å². The Hall–Kier alpha value is -3.61. The molecule has 4 aromatic rings. The Kier molecular flexibility index (Phi) is 6.62. The number of nitrogens with zero attached hydrogens (tertiary/aromatic N) is 1. The third kappa shape index (κ3) is 5.51. The lowest BCUT2D eigenvalue weighted by molar-refractivity contribution is 0.268. The smallest absolute Gasteiger partial charge is 0.473 e. The van der Waals surface area contributed by atoms with E-state index in [0.717, 1.165) is 22.3 Å². The molecule has 0 radical (unpaired) electrons. The highest BCUT2D eigenvalue weighted by atomic mass is 16.5. The van der Waals surface area contributed by atoms with Crippen molar-refractivity contribution < 1.29 is 19.5 Å². The molecule has 0 bridgehead atoms. The van der Waals surface area contributed by atoms with Crippen molar-refractivity contribution in [3.8, 4) is 22.9 Å². The van der Waals surface area contributed by atoms with E-state index in [4.69, 9.17) is 9.47 Å². The zero-order valence-corrected chi connectivity index (χ0v) is 16.9. The Morgan fingerprint density at radius 1 is 0.645 bits per heavy atom. The molecule has 0 saturated heterocycles. The molecule has 154 valence electrons. The Labute approximate surface area is 181 Å². The van der Waals surface area contributed by atoms with Crippen molar-refractivity contribution in [2.24, 2.45) is 0 Å². The molecule has 0 spiro atoms. The number of benzene rings is 3. The van der Waals surface area contributed by atoms with Crippen LogP contribution in [0.5, 0.6) is 11.8 Å². The summed E-state index contributed by atoms with van der Waals surface area (Å²) in [4.78, 5) is 4.59. The van der Waals surface area contributed by atoms with Gasteiger partial charge in [0.2, 0.25) is 11.8 Å². The lowest BCUT2D eigenvalue weighted by atomic mass is 9.80. The minimum absolute atomic E-state index is 0.371. The normalized spacial score (nSPS) is 10.5. The second kappa shape index (κ2) is 9.93. The molecule has 1 heterocycles. The zero-order chi connectivity index (χ0) is 21.5. The molecule has 0 unspecified atom stereocenters. The Bertz CT molecular complexity index is 1100. The first-order valence-corrected chi connectivity index (χ1v) is 10.00. The SMILES string of the molecule is OB(O)c1ccc(-c2ccc(OCc3ccccc3)nc2OCc2ccccc2)cc1.